The van der Waals surface area contributed by atoms with E-state index in [-0.39, 0.29) is 17.6 Å². The van der Waals surface area contributed by atoms with E-state index in [1.54, 1.807) is 30.3 Å². The Labute approximate surface area is 263 Å². The summed E-state index contributed by atoms with van der Waals surface area (Å²) in [5, 5.41) is 8.39. The van der Waals surface area contributed by atoms with Gasteiger partial charge in [0.25, 0.3) is 0 Å². The Morgan fingerprint density at radius 2 is 1.44 bits per heavy atom. The molecule has 2 N–H and O–H groups in total. The predicted molar refractivity (Wildman–Crippen MR) is 177 cm³/mol. The molecule has 0 saturated heterocycles. The molecule has 1 amide bonds. The first-order chi connectivity index (χ1) is 21.9. The van der Waals surface area contributed by atoms with Gasteiger partial charge in [-0.2, -0.15) is 0 Å². The van der Waals surface area contributed by atoms with Gasteiger partial charge < -0.3 is 20.1 Å². The van der Waals surface area contributed by atoms with Crippen molar-refractivity contribution in [2.45, 2.75) is 25.3 Å². The van der Waals surface area contributed by atoms with Crippen molar-refractivity contribution in [3.8, 4) is 5.75 Å². The number of hydrogen-bond donors (Lipinski definition) is 2. The van der Waals surface area contributed by atoms with Crippen molar-refractivity contribution >= 4 is 34.1 Å². The van der Waals surface area contributed by atoms with E-state index in [4.69, 9.17) is 9.47 Å². The lowest BCUT2D eigenvalue weighted by Gasteiger charge is -2.20. The second-order valence-electron chi connectivity index (χ2n) is 10.7. The number of methoxy groups -OCH3 is 1. The average molecular weight is 601 g/mol. The summed E-state index contributed by atoms with van der Waals surface area (Å²) in [6, 6.07) is 36.9. The van der Waals surface area contributed by atoms with Crippen LogP contribution in [-0.2, 0) is 20.7 Å². The Morgan fingerprint density at radius 1 is 0.756 bits per heavy atom. The van der Waals surface area contributed by atoms with E-state index in [0.717, 1.165) is 21.9 Å². The summed E-state index contributed by atoms with van der Waals surface area (Å²) < 4.78 is 10.9. The molecule has 5 aromatic rings. The molecular weight excluding hydrogens is 564 g/mol. The third-order valence-electron chi connectivity index (χ3n) is 7.74. The zero-order valence-corrected chi connectivity index (χ0v) is 25.4. The van der Waals surface area contributed by atoms with Crippen LogP contribution in [0.5, 0.6) is 5.75 Å². The molecule has 0 fully saturated rings. The number of nitrogens with one attached hydrogen (secondary N) is 2. The lowest BCUT2D eigenvalue weighted by Crippen LogP contribution is -2.33. The standard InChI is InChI=1S/C38H36N2O5/c1-26(31-17-10-14-28-11-6-7-15-32(28)31)37(42)39-23-24-45-30-21-19-27(20-22-30)25-35(38(43)44-2)40-34-18-9-8-16-33(34)36(41)29-12-4-3-5-13-29/h3-22,26,35,40H,23-25H2,1-2H3,(H,39,42). The van der Waals surface area contributed by atoms with Gasteiger partial charge in [-0.15, -0.1) is 0 Å². The first-order valence-electron chi connectivity index (χ1n) is 14.9. The lowest BCUT2D eigenvalue weighted by atomic mass is 9.94. The van der Waals surface area contributed by atoms with Gasteiger partial charge in [0.2, 0.25) is 5.91 Å². The molecule has 5 rings (SSSR count). The molecule has 0 aromatic heterocycles. The Morgan fingerprint density at radius 3 is 2.22 bits per heavy atom. The number of ether oxygens (including phenoxy) is 2. The second kappa shape index (κ2) is 14.8. The number of benzene rings is 5. The predicted octanol–water partition coefficient (Wildman–Crippen LogP) is 6.57. The summed E-state index contributed by atoms with van der Waals surface area (Å²) in [6.07, 6.45) is 0.336. The number of carbonyl (C=O) groups is 3. The second-order valence-corrected chi connectivity index (χ2v) is 10.7. The van der Waals surface area contributed by atoms with Gasteiger partial charge in [0.05, 0.1) is 19.6 Å². The van der Waals surface area contributed by atoms with E-state index in [1.165, 1.54) is 7.11 Å². The number of fused-ring (bicyclic) bond motifs is 1. The molecular formula is C38H36N2O5. The average Bonchev–Trinajstić information content (AvgIpc) is 3.09. The van der Waals surface area contributed by atoms with E-state index in [2.05, 4.69) is 10.6 Å². The molecule has 228 valence electrons. The normalized spacial score (nSPS) is 12.1. The van der Waals surface area contributed by atoms with Gasteiger partial charge in [-0.05, 0) is 53.1 Å². The van der Waals surface area contributed by atoms with Crippen molar-refractivity contribution in [3.05, 3.63) is 144 Å². The first-order valence-corrected chi connectivity index (χ1v) is 14.9. The molecule has 0 bridgehead atoms. The van der Waals surface area contributed by atoms with Gasteiger partial charge >= 0.3 is 5.97 Å². The van der Waals surface area contributed by atoms with Crippen LogP contribution in [-0.4, -0.2) is 44.0 Å². The van der Waals surface area contributed by atoms with Crippen LogP contribution in [0.1, 0.15) is 39.9 Å². The van der Waals surface area contributed by atoms with Gasteiger partial charge in [0, 0.05) is 23.2 Å². The van der Waals surface area contributed by atoms with Gasteiger partial charge in [-0.25, -0.2) is 4.79 Å². The highest BCUT2D eigenvalue weighted by Gasteiger charge is 2.23. The van der Waals surface area contributed by atoms with Crippen LogP contribution >= 0.6 is 0 Å². The van der Waals surface area contributed by atoms with Crippen LogP contribution in [0, 0.1) is 0 Å². The number of rotatable bonds is 13. The van der Waals surface area contributed by atoms with Crippen molar-refractivity contribution in [1.29, 1.82) is 0 Å². The van der Waals surface area contributed by atoms with E-state index >= 15 is 0 Å². The molecule has 0 aliphatic rings. The van der Waals surface area contributed by atoms with Crippen molar-refractivity contribution in [2.75, 3.05) is 25.6 Å². The van der Waals surface area contributed by atoms with Gasteiger partial charge in [-0.1, -0.05) is 97.1 Å². The van der Waals surface area contributed by atoms with E-state index in [1.807, 2.05) is 97.9 Å². The Hall–Kier alpha value is -5.43. The van der Waals surface area contributed by atoms with E-state index in [0.29, 0.717) is 42.1 Å². The summed E-state index contributed by atoms with van der Waals surface area (Å²) in [7, 11) is 1.34. The monoisotopic (exact) mass is 600 g/mol. The quantitative estimate of drug-likeness (QED) is 0.0903. The number of ketones is 1. The van der Waals surface area contributed by atoms with E-state index in [9.17, 15) is 14.4 Å². The van der Waals surface area contributed by atoms with Crippen molar-refractivity contribution in [2.24, 2.45) is 0 Å². The third-order valence-corrected chi connectivity index (χ3v) is 7.74. The SMILES string of the molecule is COC(=O)C(Cc1ccc(OCCNC(=O)C(C)c2cccc3ccccc23)cc1)Nc1ccccc1C(=O)c1ccccc1. The summed E-state index contributed by atoms with van der Waals surface area (Å²) in [4.78, 5) is 38.8. The maximum atomic E-state index is 13.2. The van der Waals surface area contributed by atoms with Gasteiger partial charge in [0.15, 0.2) is 5.78 Å². The summed E-state index contributed by atoms with van der Waals surface area (Å²) in [5.74, 6) is -0.279. The maximum Gasteiger partial charge on any atom is 0.328 e. The van der Waals surface area contributed by atoms with Crippen molar-refractivity contribution in [1.82, 2.24) is 5.32 Å². The maximum absolute atomic E-state index is 13.2. The Balaban J connectivity index is 1.16. The van der Waals surface area contributed by atoms with Crippen molar-refractivity contribution < 1.29 is 23.9 Å². The largest absolute Gasteiger partial charge is 0.492 e. The molecule has 0 heterocycles. The highest BCUT2D eigenvalue weighted by Crippen LogP contribution is 2.26. The molecule has 7 nitrogen and oxygen atoms in total. The number of carbonyl (C=O) groups excluding carboxylic acids is 3. The van der Waals surface area contributed by atoms with Crippen LogP contribution in [0.3, 0.4) is 0 Å². The van der Waals surface area contributed by atoms with Crippen molar-refractivity contribution in [3.63, 3.8) is 0 Å². The lowest BCUT2D eigenvalue weighted by molar-refractivity contribution is -0.141. The fraction of sp³-hybridized carbons (Fsp3) is 0.184. The number of anilines is 1. The molecule has 45 heavy (non-hydrogen) atoms. The molecule has 0 aliphatic heterocycles. The number of hydrogen-bond acceptors (Lipinski definition) is 6. The summed E-state index contributed by atoms with van der Waals surface area (Å²) >= 11 is 0. The molecule has 0 saturated carbocycles. The fourth-order valence-corrected chi connectivity index (χ4v) is 5.30. The number of para-hydroxylation sites is 1. The number of amides is 1. The molecule has 2 unspecified atom stereocenters. The molecule has 2 atom stereocenters. The fourth-order valence-electron chi connectivity index (χ4n) is 5.30. The molecule has 5 aromatic carbocycles. The zero-order chi connectivity index (χ0) is 31.6. The zero-order valence-electron chi connectivity index (χ0n) is 25.4. The van der Waals surface area contributed by atoms with Crippen LogP contribution in [0.15, 0.2) is 121 Å². The first kappa shape index (κ1) is 31.0. The van der Waals surface area contributed by atoms with Crippen LogP contribution in [0.4, 0.5) is 5.69 Å². The minimum absolute atomic E-state index is 0.0568. The smallest absolute Gasteiger partial charge is 0.328 e. The van der Waals surface area contributed by atoms with Gasteiger partial charge in [0.1, 0.15) is 18.4 Å². The highest BCUT2D eigenvalue weighted by molar-refractivity contribution is 6.12. The Bertz CT molecular complexity index is 1760. The molecule has 7 heteroatoms. The van der Waals surface area contributed by atoms with Crippen LogP contribution in [0.2, 0.25) is 0 Å². The minimum Gasteiger partial charge on any atom is -0.492 e. The topological polar surface area (TPSA) is 93.7 Å². The summed E-state index contributed by atoms with van der Waals surface area (Å²) in [6.45, 7) is 2.59. The van der Waals surface area contributed by atoms with Crippen LogP contribution in [0.25, 0.3) is 10.8 Å². The number of esters is 1. The molecule has 0 radical (unpaired) electrons. The van der Waals surface area contributed by atoms with Crippen LogP contribution < -0.4 is 15.4 Å². The van der Waals surface area contributed by atoms with Gasteiger partial charge in [-0.3, -0.25) is 9.59 Å². The Kier molecular flexibility index (Phi) is 10.2. The highest BCUT2D eigenvalue weighted by atomic mass is 16.5. The summed E-state index contributed by atoms with van der Waals surface area (Å²) in [5.41, 5.74) is 3.47. The molecule has 0 spiro atoms. The third kappa shape index (κ3) is 7.75. The molecule has 0 aliphatic carbocycles. The minimum atomic E-state index is -0.717. The van der Waals surface area contributed by atoms with E-state index < -0.39 is 12.0 Å².